The lowest BCUT2D eigenvalue weighted by Crippen LogP contribution is -2.25. The van der Waals surface area contributed by atoms with E-state index in [1.165, 1.54) is 0 Å². The number of aromatic nitrogens is 2. The molecular weight excluding hydrogens is 268 g/mol. The molecule has 2 aromatic heterocycles. The predicted molar refractivity (Wildman–Crippen MR) is 80.5 cm³/mol. The summed E-state index contributed by atoms with van der Waals surface area (Å²) in [6.45, 7) is 6.72. The average Bonchev–Trinajstić information content (AvgIpc) is 2.84. The van der Waals surface area contributed by atoms with Gasteiger partial charge in [0, 0.05) is 18.8 Å². The van der Waals surface area contributed by atoms with Crippen molar-refractivity contribution >= 4 is 17.4 Å². The van der Waals surface area contributed by atoms with Crippen LogP contribution in [-0.4, -0.2) is 22.6 Å². The van der Waals surface area contributed by atoms with E-state index in [2.05, 4.69) is 34.6 Å². The molecule has 0 radical (unpaired) electrons. The van der Waals surface area contributed by atoms with Crippen molar-refractivity contribution in [1.82, 2.24) is 15.5 Å². The van der Waals surface area contributed by atoms with Crippen LogP contribution in [0.25, 0.3) is 0 Å². The number of hydrogen-bond acceptors (Lipinski definition) is 5. The first-order valence-corrected chi connectivity index (χ1v) is 6.98. The minimum atomic E-state index is -0.122. The molecule has 2 rings (SSSR count). The topological polar surface area (TPSA) is 80.0 Å². The van der Waals surface area contributed by atoms with E-state index in [4.69, 9.17) is 4.52 Å². The Labute approximate surface area is 123 Å². The van der Waals surface area contributed by atoms with Crippen LogP contribution < -0.4 is 10.6 Å². The molecule has 21 heavy (non-hydrogen) atoms. The minimum absolute atomic E-state index is 0.122. The number of carbonyl (C=O) groups excluding carboxylic acids is 1. The summed E-state index contributed by atoms with van der Waals surface area (Å²) in [5, 5.41) is 9.77. The maximum absolute atomic E-state index is 12.0. The van der Waals surface area contributed by atoms with Crippen molar-refractivity contribution in [3.63, 3.8) is 0 Å². The highest BCUT2D eigenvalue weighted by Gasteiger charge is 2.08. The molecule has 0 aromatic carbocycles. The van der Waals surface area contributed by atoms with Crippen LogP contribution in [0.3, 0.4) is 0 Å². The zero-order valence-electron chi connectivity index (χ0n) is 12.5. The lowest BCUT2D eigenvalue weighted by Gasteiger charge is -2.08. The third-order valence-corrected chi connectivity index (χ3v) is 2.91. The number of anilines is 2. The van der Waals surface area contributed by atoms with E-state index in [1.54, 1.807) is 24.5 Å². The molecule has 0 saturated heterocycles. The van der Waals surface area contributed by atoms with Gasteiger partial charge in [-0.3, -0.25) is 9.78 Å². The molecule has 0 aliphatic rings. The second kappa shape index (κ2) is 6.88. The molecule has 2 heterocycles. The van der Waals surface area contributed by atoms with E-state index < -0.39 is 0 Å². The van der Waals surface area contributed by atoms with Gasteiger partial charge >= 0.3 is 0 Å². The van der Waals surface area contributed by atoms with Crippen LogP contribution in [0.1, 0.15) is 36.4 Å². The summed E-state index contributed by atoms with van der Waals surface area (Å²) in [6.07, 6.45) is 4.13. The number of nitrogens with zero attached hydrogens (tertiary/aromatic N) is 2. The highest BCUT2D eigenvalue weighted by Crippen LogP contribution is 2.16. The Kier molecular flexibility index (Phi) is 4.92. The van der Waals surface area contributed by atoms with Crippen molar-refractivity contribution in [3.8, 4) is 0 Å². The van der Waals surface area contributed by atoms with Crippen LogP contribution in [-0.2, 0) is 0 Å². The van der Waals surface area contributed by atoms with Gasteiger partial charge < -0.3 is 15.2 Å². The first-order chi connectivity index (χ1) is 10.0. The lowest BCUT2D eigenvalue weighted by atomic mass is 10.1. The van der Waals surface area contributed by atoms with Gasteiger partial charge in [0.1, 0.15) is 5.76 Å². The van der Waals surface area contributed by atoms with Gasteiger partial charge in [-0.25, -0.2) is 0 Å². The summed E-state index contributed by atoms with van der Waals surface area (Å²) < 4.78 is 4.98. The maximum Gasteiger partial charge on any atom is 0.252 e. The summed E-state index contributed by atoms with van der Waals surface area (Å²) >= 11 is 0. The summed E-state index contributed by atoms with van der Waals surface area (Å²) in [5.41, 5.74) is 1.21. The molecule has 112 valence electrons. The Morgan fingerprint density at radius 2 is 2.14 bits per heavy atom. The largest absolute Gasteiger partial charge is 0.360 e. The number of aryl methyl sites for hydroxylation is 1. The Morgan fingerprint density at radius 3 is 2.81 bits per heavy atom. The average molecular weight is 288 g/mol. The number of pyridine rings is 1. The number of rotatable bonds is 6. The molecule has 0 spiro atoms. The van der Waals surface area contributed by atoms with E-state index in [0.717, 1.165) is 6.42 Å². The normalized spacial score (nSPS) is 10.7. The zero-order chi connectivity index (χ0) is 15.2. The van der Waals surface area contributed by atoms with Gasteiger partial charge in [-0.15, -0.1) is 0 Å². The van der Waals surface area contributed by atoms with Gasteiger partial charge in [-0.2, -0.15) is 0 Å². The van der Waals surface area contributed by atoms with Crippen molar-refractivity contribution in [2.24, 2.45) is 5.92 Å². The predicted octanol–water partition coefficient (Wildman–Crippen LogP) is 2.90. The molecule has 0 fully saturated rings. The van der Waals surface area contributed by atoms with E-state index in [1.807, 2.05) is 6.92 Å². The molecule has 0 atom stereocenters. The van der Waals surface area contributed by atoms with Gasteiger partial charge in [-0.1, -0.05) is 19.0 Å². The van der Waals surface area contributed by atoms with Crippen LogP contribution in [0.5, 0.6) is 0 Å². The molecule has 2 aromatic rings. The van der Waals surface area contributed by atoms with Crippen LogP contribution in [0, 0.1) is 12.8 Å². The summed E-state index contributed by atoms with van der Waals surface area (Å²) in [4.78, 5) is 16.1. The number of nitrogens with one attached hydrogen (secondary N) is 2. The van der Waals surface area contributed by atoms with Crippen LogP contribution in [0.15, 0.2) is 29.0 Å². The fraction of sp³-hybridized carbons (Fsp3) is 0.400. The van der Waals surface area contributed by atoms with Crippen molar-refractivity contribution in [3.05, 3.63) is 35.9 Å². The van der Waals surface area contributed by atoms with Crippen molar-refractivity contribution in [2.45, 2.75) is 27.2 Å². The second-order valence-corrected chi connectivity index (χ2v) is 5.35. The summed E-state index contributed by atoms with van der Waals surface area (Å²) in [5.74, 6) is 1.75. The van der Waals surface area contributed by atoms with Gasteiger partial charge in [0.05, 0.1) is 17.4 Å². The smallest absolute Gasteiger partial charge is 0.252 e. The van der Waals surface area contributed by atoms with E-state index in [0.29, 0.717) is 35.3 Å². The van der Waals surface area contributed by atoms with E-state index in [9.17, 15) is 4.79 Å². The van der Waals surface area contributed by atoms with Crippen LogP contribution >= 0.6 is 0 Å². The fourth-order valence-electron chi connectivity index (χ4n) is 1.78. The molecule has 0 unspecified atom stereocenters. The Hall–Kier alpha value is -2.37. The summed E-state index contributed by atoms with van der Waals surface area (Å²) in [6, 6.07) is 3.51. The number of carbonyl (C=O) groups is 1. The third kappa shape index (κ3) is 4.59. The van der Waals surface area contributed by atoms with Gasteiger partial charge in [-0.05, 0) is 25.3 Å². The molecule has 0 aliphatic heterocycles. The van der Waals surface area contributed by atoms with Crippen LogP contribution in [0.4, 0.5) is 11.5 Å². The zero-order valence-corrected chi connectivity index (χ0v) is 12.5. The Bertz CT molecular complexity index is 607. The highest BCUT2D eigenvalue weighted by atomic mass is 16.5. The van der Waals surface area contributed by atoms with E-state index >= 15 is 0 Å². The standard InChI is InChI=1S/C15H20N4O2/c1-10(2)4-5-17-15(20)12-7-13(9-16-8-12)18-14-6-11(3)21-19-14/h6-10H,4-5H2,1-3H3,(H,17,20)(H,18,19). The molecule has 0 bridgehead atoms. The Morgan fingerprint density at radius 1 is 1.33 bits per heavy atom. The second-order valence-electron chi connectivity index (χ2n) is 5.35. The molecule has 6 heteroatoms. The highest BCUT2D eigenvalue weighted by molar-refractivity contribution is 5.94. The molecule has 0 saturated carbocycles. The van der Waals surface area contributed by atoms with Crippen molar-refractivity contribution in [2.75, 3.05) is 11.9 Å². The number of amides is 1. The quantitative estimate of drug-likeness (QED) is 0.854. The molecular formula is C15H20N4O2. The monoisotopic (exact) mass is 288 g/mol. The van der Waals surface area contributed by atoms with Gasteiger partial charge in [0.15, 0.2) is 5.82 Å². The van der Waals surface area contributed by atoms with Crippen molar-refractivity contribution < 1.29 is 9.32 Å². The van der Waals surface area contributed by atoms with Gasteiger partial charge in [0.2, 0.25) is 0 Å². The first-order valence-electron chi connectivity index (χ1n) is 6.98. The molecule has 1 amide bonds. The molecule has 0 aliphatic carbocycles. The minimum Gasteiger partial charge on any atom is -0.360 e. The Balaban J connectivity index is 1.98. The fourth-order valence-corrected chi connectivity index (χ4v) is 1.78. The lowest BCUT2D eigenvalue weighted by molar-refractivity contribution is 0.0951. The SMILES string of the molecule is Cc1cc(Nc2cncc(C(=O)NCCC(C)C)c2)no1. The maximum atomic E-state index is 12.0. The number of hydrogen-bond donors (Lipinski definition) is 2. The van der Waals surface area contributed by atoms with Gasteiger partial charge in [0.25, 0.3) is 5.91 Å². The van der Waals surface area contributed by atoms with E-state index in [-0.39, 0.29) is 5.91 Å². The molecule has 6 nitrogen and oxygen atoms in total. The first kappa shape index (κ1) is 15.0. The summed E-state index contributed by atoms with van der Waals surface area (Å²) in [7, 11) is 0. The molecule has 2 N–H and O–H groups in total. The third-order valence-electron chi connectivity index (χ3n) is 2.91. The van der Waals surface area contributed by atoms with Crippen LogP contribution in [0.2, 0.25) is 0 Å². The van der Waals surface area contributed by atoms with Crippen molar-refractivity contribution in [1.29, 1.82) is 0 Å².